The average molecular weight is 328 g/mol. The van der Waals surface area contributed by atoms with E-state index in [4.69, 9.17) is 16.7 Å². The predicted octanol–water partition coefficient (Wildman–Crippen LogP) is 3.18. The van der Waals surface area contributed by atoms with Gasteiger partial charge in [0.15, 0.2) is 5.69 Å². The van der Waals surface area contributed by atoms with Crippen LogP contribution in [0.15, 0.2) is 34.9 Å². The number of aromatic carboxylic acids is 1. The molecule has 1 aromatic heterocycles. The van der Waals surface area contributed by atoms with Gasteiger partial charge in [0.05, 0.1) is 11.2 Å². The van der Waals surface area contributed by atoms with E-state index in [-0.39, 0.29) is 10.7 Å². The highest BCUT2D eigenvalue weighted by Gasteiger charge is 2.13. The number of carboxylic acids is 1. The molecule has 0 aliphatic rings. The number of benzene rings is 1. The number of carbonyl (C=O) groups is 1. The van der Waals surface area contributed by atoms with Gasteiger partial charge in [-0.05, 0) is 11.6 Å². The predicted molar refractivity (Wildman–Crippen MR) is 70.9 cm³/mol. The number of hydrogen-bond donors (Lipinski definition) is 1. The van der Waals surface area contributed by atoms with Gasteiger partial charge in [-0.1, -0.05) is 45.7 Å². The fourth-order valence-corrected chi connectivity index (χ4v) is 2.05. The van der Waals surface area contributed by atoms with Crippen LogP contribution in [0.1, 0.15) is 21.9 Å². The average Bonchev–Trinajstić information content (AvgIpc) is 2.34. The summed E-state index contributed by atoms with van der Waals surface area (Å²) in [5.74, 6) is -0.737. The Labute approximate surface area is 117 Å². The Morgan fingerprint density at radius 3 is 2.78 bits per heavy atom. The summed E-state index contributed by atoms with van der Waals surface area (Å²) in [4.78, 5) is 18.9. The molecular formula is C12H8BrClN2O2. The molecule has 0 spiro atoms. The molecule has 1 N–H and O–H groups in total. The van der Waals surface area contributed by atoms with E-state index in [2.05, 4.69) is 25.9 Å². The van der Waals surface area contributed by atoms with Gasteiger partial charge in [-0.15, -0.1) is 0 Å². The lowest BCUT2D eigenvalue weighted by Gasteiger charge is -2.04. The molecule has 1 aromatic carbocycles. The van der Waals surface area contributed by atoms with Crippen molar-refractivity contribution in [3.63, 3.8) is 0 Å². The normalized spacial score (nSPS) is 10.3. The Bertz CT molecular complexity index is 604. The summed E-state index contributed by atoms with van der Waals surface area (Å²) in [6.07, 6.45) is 1.75. The van der Waals surface area contributed by atoms with Crippen LogP contribution in [0, 0.1) is 0 Å². The minimum atomic E-state index is -1.16. The van der Waals surface area contributed by atoms with Crippen LogP contribution in [-0.2, 0) is 6.42 Å². The molecule has 6 heteroatoms. The Hall–Kier alpha value is -1.46. The van der Waals surface area contributed by atoms with Crippen molar-refractivity contribution in [3.8, 4) is 0 Å². The molecule has 2 aromatic rings. The Morgan fingerprint density at radius 1 is 1.39 bits per heavy atom. The zero-order chi connectivity index (χ0) is 13.1. The molecule has 92 valence electrons. The first-order valence-corrected chi connectivity index (χ1v) is 6.23. The first-order chi connectivity index (χ1) is 8.58. The quantitative estimate of drug-likeness (QED) is 0.940. The van der Waals surface area contributed by atoms with Gasteiger partial charge in [0.2, 0.25) is 0 Å². The Kier molecular flexibility index (Phi) is 3.93. The van der Waals surface area contributed by atoms with E-state index in [0.29, 0.717) is 12.2 Å². The molecule has 0 radical (unpaired) electrons. The maximum Gasteiger partial charge on any atom is 0.356 e. The van der Waals surface area contributed by atoms with Crippen LogP contribution >= 0.6 is 27.5 Å². The standard InChI is InChI=1S/C12H8BrClN2O2/c13-8-4-2-1-3-7(8)5-10-15-6-9(14)11(16-10)12(17)18/h1-4,6H,5H2,(H,17,18). The van der Waals surface area contributed by atoms with Crippen molar-refractivity contribution in [1.29, 1.82) is 0 Å². The van der Waals surface area contributed by atoms with Crippen LogP contribution < -0.4 is 0 Å². The summed E-state index contributed by atoms with van der Waals surface area (Å²) in [7, 11) is 0. The fourth-order valence-electron chi connectivity index (χ4n) is 1.45. The molecular weight excluding hydrogens is 320 g/mol. The van der Waals surface area contributed by atoms with Crippen LogP contribution in [0.3, 0.4) is 0 Å². The highest BCUT2D eigenvalue weighted by Crippen LogP contribution is 2.19. The van der Waals surface area contributed by atoms with Gasteiger partial charge in [-0.2, -0.15) is 0 Å². The molecule has 0 aliphatic carbocycles. The van der Waals surface area contributed by atoms with Crippen molar-refractivity contribution in [1.82, 2.24) is 9.97 Å². The van der Waals surface area contributed by atoms with Crippen molar-refractivity contribution < 1.29 is 9.90 Å². The number of rotatable bonds is 3. The van der Waals surface area contributed by atoms with E-state index in [1.54, 1.807) is 0 Å². The van der Waals surface area contributed by atoms with E-state index < -0.39 is 5.97 Å². The highest BCUT2D eigenvalue weighted by atomic mass is 79.9. The number of hydrogen-bond acceptors (Lipinski definition) is 3. The van der Waals surface area contributed by atoms with Crippen LogP contribution in [0.4, 0.5) is 0 Å². The van der Waals surface area contributed by atoms with Gasteiger partial charge >= 0.3 is 5.97 Å². The molecule has 2 rings (SSSR count). The largest absolute Gasteiger partial charge is 0.476 e. The fraction of sp³-hybridized carbons (Fsp3) is 0.0833. The van der Waals surface area contributed by atoms with Gasteiger partial charge in [0, 0.05) is 10.9 Å². The topological polar surface area (TPSA) is 63.1 Å². The summed E-state index contributed by atoms with van der Waals surface area (Å²) in [6.45, 7) is 0. The zero-order valence-electron chi connectivity index (χ0n) is 9.10. The molecule has 0 fully saturated rings. The van der Waals surface area contributed by atoms with E-state index in [0.717, 1.165) is 10.0 Å². The number of halogens is 2. The molecule has 0 bridgehead atoms. The van der Waals surface area contributed by atoms with E-state index in [1.165, 1.54) is 6.20 Å². The van der Waals surface area contributed by atoms with Crippen LogP contribution in [-0.4, -0.2) is 21.0 Å². The SMILES string of the molecule is O=C(O)c1nc(Cc2ccccc2Br)ncc1Cl. The van der Waals surface area contributed by atoms with Crippen molar-refractivity contribution in [2.45, 2.75) is 6.42 Å². The molecule has 0 atom stereocenters. The molecule has 0 amide bonds. The van der Waals surface area contributed by atoms with Crippen molar-refractivity contribution >= 4 is 33.5 Å². The lowest BCUT2D eigenvalue weighted by molar-refractivity contribution is 0.0690. The maximum absolute atomic E-state index is 10.9. The number of aromatic nitrogens is 2. The zero-order valence-corrected chi connectivity index (χ0v) is 11.4. The Morgan fingerprint density at radius 2 is 2.11 bits per heavy atom. The molecule has 0 unspecified atom stereocenters. The molecule has 18 heavy (non-hydrogen) atoms. The van der Waals surface area contributed by atoms with Crippen molar-refractivity contribution in [2.75, 3.05) is 0 Å². The second-order valence-electron chi connectivity index (χ2n) is 3.56. The van der Waals surface area contributed by atoms with Gasteiger partial charge < -0.3 is 5.11 Å². The molecule has 1 heterocycles. The van der Waals surface area contributed by atoms with Gasteiger partial charge in [0.25, 0.3) is 0 Å². The van der Waals surface area contributed by atoms with E-state index in [1.807, 2.05) is 24.3 Å². The summed E-state index contributed by atoms with van der Waals surface area (Å²) in [5, 5.41) is 8.97. The van der Waals surface area contributed by atoms with Gasteiger partial charge in [-0.3, -0.25) is 0 Å². The summed E-state index contributed by atoms with van der Waals surface area (Å²) < 4.78 is 0.931. The maximum atomic E-state index is 10.9. The van der Waals surface area contributed by atoms with Gasteiger partial charge in [0.1, 0.15) is 5.82 Å². The lowest BCUT2D eigenvalue weighted by Crippen LogP contribution is -2.06. The first kappa shape index (κ1) is 13.0. The highest BCUT2D eigenvalue weighted by molar-refractivity contribution is 9.10. The van der Waals surface area contributed by atoms with E-state index >= 15 is 0 Å². The second-order valence-corrected chi connectivity index (χ2v) is 4.82. The van der Waals surface area contributed by atoms with E-state index in [9.17, 15) is 4.79 Å². The van der Waals surface area contributed by atoms with Crippen LogP contribution in [0.5, 0.6) is 0 Å². The number of carboxylic acid groups (broad SMARTS) is 1. The monoisotopic (exact) mass is 326 g/mol. The Balaban J connectivity index is 2.33. The third-order valence-electron chi connectivity index (χ3n) is 2.30. The number of nitrogens with zero attached hydrogens (tertiary/aromatic N) is 2. The van der Waals surface area contributed by atoms with Crippen LogP contribution in [0.25, 0.3) is 0 Å². The molecule has 0 saturated heterocycles. The minimum Gasteiger partial charge on any atom is -0.476 e. The van der Waals surface area contributed by atoms with Crippen molar-refractivity contribution in [3.05, 3.63) is 57.0 Å². The van der Waals surface area contributed by atoms with Crippen LogP contribution in [0.2, 0.25) is 5.02 Å². The minimum absolute atomic E-state index is 0.0402. The molecule has 4 nitrogen and oxygen atoms in total. The molecule has 0 saturated carbocycles. The summed E-state index contributed by atoms with van der Waals surface area (Å²) >= 11 is 9.13. The molecule has 0 aliphatic heterocycles. The summed E-state index contributed by atoms with van der Waals surface area (Å²) in [5.41, 5.74) is 0.810. The summed E-state index contributed by atoms with van der Waals surface area (Å²) in [6, 6.07) is 7.62. The van der Waals surface area contributed by atoms with Gasteiger partial charge in [-0.25, -0.2) is 14.8 Å². The first-order valence-electron chi connectivity index (χ1n) is 5.06. The van der Waals surface area contributed by atoms with Crippen molar-refractivity contribution in [2.24, 2.45) is 0 Å². The lowest BCUT2D eigenvalue weighted by atomic mass is 10.1. The second kappa shape index (κ2) is 5.46. The third-order valence-corrected chi connectivity index (χ3v) is 3.35. The smallest absolute Gasteiger partial charge is 0.356 e. The third kappa shape index (κ3) is 2.86.